The Morgan fingerprint density at radius 2 is 2.11 bits per heavy atom. The SMILES string of the molecule is O=C(c1cnoc1)N1CCC2(CC1)OCC[C@H]2CCOCc1ccncc1. The van der Waals surface area contributed by atoms with E-state index in [1.165, 1.54) is 12.5 Å². The Morgan fingerprint density at radius 3 is 2.85 bits per heavy atom. The molecule has 4 heterocycles. The molecular formula is C20H25N3O4. The van der Waals surface area contributed by atoms with Crippen LogP contribution in [0, 0.1) is 5.92 Å². The Bertz CT molecular complexity index is 727. The van der Waals surface area contributed by atoms with Crippen LogP contribution in [-0.4, -0.2) is 52.9 Å². The van der Waals surface area contributed by atoms with Gasteiger partial charge in [-0.3, -0.25) is 9.78 Å². The van der Waals surface area contributed by atoms with Crippen molar-refractivity contribution in [2.24, 2.45) is 5.92 Å². The highest BCUT2D eigenvalue weighted by atomic mass is 16.5. The summed E-state index contributed by atoms with van der Waals surface area (Å²) in [6.07, 6.45) is 10.3. The zero-order valence-corrected chi connectivity index (χ0v) is 15.4. The maximum atomic E-state index is 12.5. The normalized spacial score (nSPS) is 21.6. The van der Waals surface area contributed by atoms with E-state index in [0.29, 0.717) is 31.2 Å². The average molecular weight is 371 g/mol. The van der Waals surface area contributed by atoms with Crippen LogP contribution in [0.2, 0.25) is 0 Å². The number of hydrogen-bond donors (Lipinski definition) is 0. The molecule has 7 heteroatoms. The molecule has 0 aromatic carbocycles. The molecule has 27 heavy (non-hydrogen) atoms. The van der Waals surface area contributed by atoms with Crippen LogP contribution in [0.4, 0.5) is 0 Å². The highest BCUT2D eigenvalue weighted by Gasteiger charge is 2.46. The first-order chi connectivity index (χ1) is 13.3. The lowest BCUT2D eigenvalue weighted by atomic mass is 9.78. The van der Waals surface area contributed by atoms with Crippen molar-refractivity contribution < 1.29 is 18.8 Å². The third-order valence-corrected chi connectivity index (χ3v) is 5.80. The topological polar surface area (TPSA) is 77.7 Å². The molecule has 7 nitrogen and oxygen atoms in total. The zero-order valence-electron chi connectivity index (χ0n) is 15.4. The quantitative estimate of drug-likeness (QED) is 0.727. The number of pyridine rings is 1. The van der Waals surface area contributed by atoms with E-state index in [1.807, 2.05) is 17.0 Å². The Kier molecular flexibility index (Phi) is 5.50. The van der Waals surface area contributed by atoms with E-state index in [0.717, 1.165) is 44.5 Å². The summed E-state index contributed by atoms with van der Waals surface area (Å²) in [6.45, 7) is 3.55. The summed E-state index contributed by atoms with van der Waals surface area (Å²) in [7, 11) is 0. The maximum absolute atomic E-state index is 12.5. The van der Waals surface area contributed by atoms with Gasteiger partial charge in [-0.2, -0.15) is 0 Å². The fourth-order valence-corrected chi connectivity index (χ4v) is 4.22. The molecule has 2 aromatic heterocycles. The summed E-state index contributed by atoms with van der Waals surface area (Å²) >= 11 is 0. The van der Waals surface area contributed by atoms with Crippen LogP contribution < -0.4 is 0 Å². The molecule has 0 bridgehead atoms. The van der Waals surface area contributed by atoms with Crippen molar-refractivity contribution in [3.63, 3.8) is 0 Å². The van der Waals surface area contributed by atoms with Gasteiger partial charge in [0.15, 0.2) is 0 Å². The first kappa shape index (κ1) is 18.1. The van der Waals surface area contributed by atoms with E-state index in [-0.39, 0.29) is 11.5 Å². The van der Waals surface area contributed by atoms with Gasteiger partial charge in [0.25, 0.3) is 5.91 Å². The molecule has 1 spiro atoms. The number of amides is 1. The van der Waals surface area contributed by atoms with Gasteiger partial charge < -0.3 is 18.9 Å². The zero-order chi connectivity index (χ0) is 18.5. The van der Waals surface area contributed by atoms with Gasteiger partial charge in [0.05, 0.1) is 24.0 Å². The van der Waals surface area contributed by atoms with Gasteiger partial charge in [-0.05, 0) is 49.3 Å². The van der Waals surface area contributed by atoms with E-state index in [1.54, 1.807) is 12.4 Å². The van der Waals surface area contributed by atoms with Gasteiger partial charge in [0.1, 0.15) is 6.26 Å². The highest BCUT2D eigenvalue weighted by Crippen LogP contribution is 2.42. The Labute approximate surface area is 158 Å². The highest BCUT2D eigenvalue weighted by molar-refractivity contribution is 5.93. The number of rotatable bonds is 6. The molecule has 1 amide bonds. The van der Waals surface area contributed by atoms with Crippen LogP contribution in [0.25, 0.3) is 0 Å². The van der Waals surface area contributed by atoms with Gasteiger partial charge in [-0.25, -0.2) is 0 Å². The lowest BCUT2D eigenvalue weighted by molar-refractivity contribution is -0.0675. The summed E-state index contributed by atoms with van der Waals surface area (Å²) in [5, 5.41) is 3.62. The summed E-state index contributed by atoms with van der Waals surface area (Å²) in [6, 6.07) is 3.95. The maximum Gasteiger partial charge on any atom is 0.258 e. The molecule has 0 unspecified atom stereocenters. The number of likely N-dealkylation sites (tertiary alicyclic amines) is 1. The summed E-state index contributed by atoms with van der Waals surface area (Å²) in [5.41, 5.74) is 1.55. The number of ether oxygens (including phenoxy) is 2. The Balaban J connectivity index is 1.26. The summed E-state index contributed by atoms with van der Waals surface area (Å²) in [5.74, 6) is 0.476. The smallest absolute Gasteiger partial charge is 0.258 e. The van der Waals surface area contributed by atoms with Crippen molar-refractivity contribution in [1.82, 2.24) is 15.0 Å². The van der Waals surface area contributed by atoms with E-state index in [4.69, 9.17) is 14.0 Å². The Hall–Kier alpha value is -2.25. The predicted octanol–water partition coefficient (Wildman–Crippen LogP) is 2.69. The monoisotopic (exact) mass is 371 g/mol. The van der Waals surface area contributed by atoms with Gasteiger partial charge in [-0.1, -0.05) is 5.16 Å². The summed E-state index contributed by atoms with van der Waals surface area (Å²) in [4.78, 5) is 18.3. The van der Waals surface area contributed by atoms with Crippen LogP contribution in [0.15, 0.2) is 41.5 Å². The van der Waals surface area contributed by atoms with Crippen molar-refractivity contribution in [2.45, 2.75) is 37.9 Å². The molecule has 0 aliphatic carbocycles. The molecular weight excluding hydrogens is 346 g/mol. The van der Waals surface area contributed by atoms with Gasteiger partial charge in [0.2, 0.25) is 0 Å². The average Bonchev–Trinajstić information content (AvgIpc) is 3.37. The number of hydrogen-bond acceptors (Lipinski definition) is 6. The van der Waals surface area contributed by atoms with Crippen molar-refractivity contribution in [3.8, 4) is 0 Å². The van der Waals surface area contributed by atoms with Crippen molar-refractivity contribution in [3.05, 3.63) is 48.1 Å². The molecule has 0 N–H and O–H groups in total. The molecule has 2 aromatic rings. The fourth-order valence-electron chi connectivity index (χ4n) is 4.22. The largest absolute Gasteiger partial charge is 0.377 e. The minimum Gasteiger partial charge on any atom is -0.377 e. The summed E-state index contributed by atoms with van der Waals surface area (Å²) < 4.78 is 16.8. The van der Waals surface area contributed by atoms with Crippen LogP contribution in [-0.2, 0) is 16.1 Å². The lowest BCUT2D eigenvalue weighted by Gasteiger charge is -2.42. The van der Waals surface area contributed by atoms with Crippen molar-refractivity contribution in [2.75, 3.05) is 26.3 Å². The predicted molar refractivity (Wildman–Crippen MR) is 96.9 cm³/mol. The van der Waals surface area contributed by atoms with Crippen LogP contribution >= 0.6 is 0 Å². The molecule has 2 saturated heterocycles. The van der Waals surface area contributed by atoms with Gasteiger partial charge in [-0.15, -0.1) is 0 Å². The first-order valence-electron chi connectivity index (χ1n) is 9.56. The van der Waals surface area contributed by atoms with Gasteiger partial charge >= 0.3 is 0 Å². The number of carbonyl (C=O) groups excluding carboxylic acids is 1. The first-order valence-corrected chi connectivity index (χ1v) is 9.56. The second kappa shape index (κ2) is 8.19. The second-order valence-corrected chi connectivity index (χ2v) is 7.30. The van der Waals surface area contributed by atoms with Crippen LogP contribution in [0.3, 0.4) is 0 Å². The van der Waals surface area contributed by atoms with E-state index >= 15 is 0 Å². The Morgan fingerprint density at radius 1 is 1.30 bits per heavy atom. The number of aromatic nitrogens is 2. The van der Waals surface area contributed by atoms with E-state index in [2.05, 4.69) is 10.1 Å². The minimum atomic E-state index is -0.106. The standard InChI is InChI=1S/C20H25N3O4/c24-19(17-13-22-27-15-17)23-9-5-20(6-10-23)18(4-12-26-20)3-11-25-14-16-1-7-21-8-2-16/h1-2,7-8,13,15,18H,3-6,9-12,14H2/t18-/m1/s1. The number of nitrogens with zero attached hydrogens (tertiary/aromatic N) is 3. The molecule has 2 aliphatic rings. The van der Waals surface area contributed by atoms with Crippen molar-refractivity contribution >= 4 is 5.91 Å². The third kappa shape index (κ3) is 4.04. The fraction of sp³-hybridized carbons (Fsp3) is 0.550. The molecule has 0 radical (unpaired) electrons. The van der Waals surface area contributed by atoms with Crippen molar-refractivity contribution in [1.29, 1.82) is 0 Å². The second-order valence-electron chi connectivity index (χ2n) is 7.30. The van der Waals surface area contributed by atoms with Crippen LogP contribution in [0.5, 0.6) is 0 Å². The molecule has 2 fully saturated rings. The molecule has 144 valence electrons. The molecule has 4 rings (SSSR count). The lowest BCUT2D eigenvalue weighted by Crippen LogP contribution is -2.49. The van der Waals surface area contributed by atoms with Crippen LogP contribution in [0.1, 0.15) is 41.6 Å². The van der Waals surface area contributed by atoms with Gasteiger partial charge in [0, 0.05) is 38.7 Å². The number of piperidine rings is 1. The third-order valence-electron chi connectivity index (χ3n) is 5.80. The number of carbonyl (C=O) groups is 1. The van der Waals surface area contributed by atoms with E-state index in [9.17, 15) is 4.79 Å². The minimum absolute atomic E-state index is 0.0127. The molecule has 0 saturated carbocycles. The molecule has 2 aliphatic heterocycles. The van der Waals surface area contributed by atoms with E-state index < -0.39 is 0 Å². The molecule has 1 atom stereocenters.